The van der Waals surface area contributed by atoms with Gasteiger partial charge < -0.3 is 9.84 Å². The van der Waals surface area contributed by atoms with E-state index in [2.05, 4.69) is 46.8 Å². The van der Waals surface area contributed by atoms with Crippen LogP contribution in [0.25, 0.3) is 0 Å². The summed E-state index contributed by atoms with van der Waals surface area (Å²) in [5.41, 5.74) is 2.34. The van der Waals surface area contributed by atoms with E-state index in [0.717, 1.165) is 12.2 Å². The van der Waals surface area contributed by atoms with Crippen LogP contribution in [-0.4, -0.2) is 10.7 Å². The zero-order valence-electron chi connectivity index (χ0n) is 14.8. The van der Waals surface area contributed by atoms with Gasteiger partial charge in [-0.2, -0.15) is 0 Å². The Balaban J connectivity index is 2.27. The lowest BCUT2D eigenvalue weighted by atomic mass is 9.84. The van der Waals surface area contributed by atoms with Gasteiger partial charge in [0.25, 0.3) is 0 Å². The Kier molecular flexibility index (Phi) is 5.35. The number of hydrogen-bond donors (Lipinski definition) is 1. The summed E-state index contributed by atoms with van der Waals surface area (Å²) in [6.45, 7) is 10.6. The van der Waals surface area contributed by atoms with Crippen molar-refractivity contribution in [3.8, 4) is 11.5 Å². The predicted molar refractivity (Wildman–Crippen MR) is 96.2 cm³/mol. The second kappa shape index (κ2) is 7.08. The molecule has 2 heteroatoms. The third-order valence-electron chi connectivity index (χ3n) is 3.71. The van der Waals surface area contributed by atoms with Crippen LogP contribution in [-0.2, 0) is 0 Å². The van der Waals surface area contributed by atoms with Crippen LogP contribution in [0.4, 0.5) is 0 Å². The quantitative estimate of drug-likeness (QED) is 0.762. The van der Waals surface area contributed by atoms with Crippen LogP contribution in [0.3, 0.4) is 0 Å². The van der Waals surface area contributed by atoms with Gasteiger partial charge in [-0.25, -0.2) is 0 Å². The molecule has 2 nitrogen and oxygen atoms in total. The molecular formula is C21H28O2. The molecule has 2 aromatic carbocycles. The fourth-order valence-electron chi connectivity index (χ4n) is 2.76. The first-order valence-corrected chi connectivity index (χ1v) is 8.32. The van der Waals surface area contributed by atoms with Gasteiger partial charge in [-0.05, 0) is 68.5 Å². The second-order valence-corrected chi connectivity index (χ2v) is 7.56. The smallest absolute Gasteiger partial charge is 0.120 e. The van der Waals surface area contributed by atoms with Crippen LogP contribution < -0.4 is 4.74 Å². The SMILES string of the molecule is CC(C)CC(c1ccc(O)cc1)c1ccc(OC(C)(C)C)cc1. The minimum atomic E-state index is -0.185. The van der Waals surface area contributed by atoms with Crippen molar-refractivity contribution in [3.63, 3.8) is 0 Å². The van der Waals surface area contributed by atoms with Crippen LogP contribution in [0.15, 0.2) is 48.5 Å². The van der Waals surface area contributed by atoms with Gasteiger partial charge in [-0.3, -0.25) is 0 Å². The van der Waals surface area contributed by atoms with E-state index in [1.165, 1.54) is 11.1 Å². The molecule has 0 spiro atoms. The third kappa shape index (κ3) is 5.31. The van der Waals surface area contributed by atoms with Gasteiger partial charge in [-0.15, -0.1) is 0 Å². The van der Waals surface area contributed by atoms with E-state index in [1.807, 2.05) is 24.3 Å². The van der Waals surface area contributed by atoms with Crippen LogP contribution in [0.1, 0.15) is 58.1 Å². The van der Waals surface area contributed by atoms with E-state index >= 15 is 0 Å². The van der Waals surface area contributed by atoms with Gasteiger partial charge in [0.2, 0.25) is 0 Å². The average Bonchev–Trinajstić information content (AvgIpc) is 2.45. The molecule has 124 valence electrons. The number of hydrogen-bond acceptors (Lipinski definition) is 2. The molecule has 0 heterocycles. The van der Waals surface area contributed by atoms with Crippen molar-refractivity contribution in [3.05, 3.63) is 59.7 Å². The molecule has 0 saturated carbocycles. The fourth-order valence-corrected chi connectivity index (χ4v) is 2.76. The summed E-state index contributed by atoms with van der Waals surface area (Å²) in [4.78, 5) is 0. The van der Waals surface area contributed by atoms with Crippen molar-refractivity contribution in [2.45, 2.75) is 52.6 Å². The lowest BCUT2D eigenvalue weighted by Crippen LogP contribution is -2.22. The molecule has 0 fully saturated rings. The Labute approximate surface area is 140 Å². The molecule has 2 rings (SSSR count). The van der Waals surface area contributed by atoms with Crippen molar-refractivity contribution in [2.75, 3.05) is 0 Å². The molecule has 0 aliphatic heterocycles. The maximum absolute atomic E-state index is 9.52. The highest BCUT2D eigenvalue weighted by molar-refractivity contribution is 5.38. The Morgan fingerprint density at radius 2 is 1.35 bits per heavy atom. The minimum absolute atomic E-state index is 0.185. The Hall–Kier alpha value is -1.96. The molecule has 0 aromatic heterocycles. The number of aromatic hydroxyl groups is 1. The Bertz CT molecular complexity index is 604. The summed E-state index contributed by atoms with van der Waals surface area (Å²) in [7, 11) is 0. The molecule has 0 radical (unpaired) electrons. The van der Waals surface area contributed by atoms with Gasteiger partial charge >= 0.3 is 0 Å². The molecule has 0 bridgehead atoms. The third-order valence-corrected chi connectivity index (χ3v) is 3.71. The lowest BCUT2D eigenvalue weighted by Gasteiger charge is -2.23. The number of benzene rings is 2. The van der Waals surface area contributed by atoms with E-state index in [-0.39, 0.29) is 5.60 Å². The van der Waals surface area contributed by atoms with Crippen molar-refractivity contribution >= 4 is 0 Å². The van der Waals surface area contributed by atoms with Crippen molar-refractivity contribution in [1.82, 2.24) is 0 Å². The zero-order chi connectivity index (χ0) is 17.0. The highest BCUT2D eigenvalue weighted by atomic mass is 16.5. The molecular weight excluding hydrogens is 284 g/mol. The molecule has 1 N–H and O–H groups in total. The van der Waals surface area contributed by atoms with Gasteiger partial charge in [0.15, 0.2) is 0 Å². The first kappa shape index (κ1) is 17.4. The van der Waals surface area contributed by atoms with E-state index < -0.39 is 0 Å². The van der Waals surface area contributed by atoms with E-state index in [1.54, 1.807) is 12.1 Å². The van der Waals surface area contributed by atoms with Gasteiger partial charge in [0.1, 0.15) is 17.1 Å². The average molecular weight is 312 g/mol. The minimum Gasteiger partial charge on any atom is -0.508 e. The van der Waals surface area contributed by atoms with Crippen molar-refractivity contribution in [2.24, 2.45) is 5.92 Å². The standard InChI is InChI=1S/C21H28O2/c1-15(2)14-20(16-6-10-18(22)11-7-16)17-8-12-19(13-9-17)23-21(3,4)5/h6-13,15,20,22H,14H2,1-5H3. The first-order valence-electron chi connectivity index (χ1n) is 8.32. The fraction of sp³-hybridized carbons (Fsp3) is 0.429. The number of phenols is 1. The highest BCUT2D eigenvalue weighted by Crippen LogP contribution is 2.33. The molecule has 0 aliphatic carbocycles. The van der Waals surface area contributed by atoms with Crippen LogP contribution in [0.5, 0.6) is 11.5 Å². The molecule has 0 aliphatic rings. The molecule has 1 atom stereocenters. The summed E-state index contributed by atoms with van der Waals surface area (Å²) in [6.07, 6.45) is 1.07. The van der Waals surface area contributed by atoms with Crippen LogP contribution in [0, 0.1) is 5.92 Å². The van der Waals surface area contributed by atoms with Crippen LogP contribution in [0.2, 0.25) is 0 Å². The van der Waals surface area contributed by atoms with Gasteiger partial charge in [0, 0.05) is 5.92 Å². The highest BCUT2D eigenvalue weighted by Gasteiger charge is 2.17. The Morgan fingerprint density at radius 1 is 0.870 bits per heavy atom. The molecule has 0 saturated heterocycles. The van der Waals surface area contributed by atoms with Crippen LogP contribution >= 0.6 is 0 Å². The van der Waals surface area contributed by atoms with E-state index in [0.29, 0.717) is 17.6 Å². The first-order chi connectivity index (χ1) is 10.7. The summed E-state index contributed by atoms with van der Waals surface area (Å²) in [5, 5.41) is 9.52. The summed E-state index contributed by atoms with van der Waals surface area (Å²) < 4.78 is 5.91. The number of ether oxygens (including phenoxy) is 1. The maximum atomic E-state index is 9.52. The topological polar surface area (TPSA) is 29.5 Å². The molecule has 0 amide bonds. The second-order valence-electron chi connectivity index (χ2n) is 7.56. The largest absolute Gasteiger partial charge is 0.508 e. The number of phenolic OH excluding ortho intramolecular Hbond substituents is 1. The molecule has 23 heavy (non-hydrogen) atoms. The van der Waals surface area contributed by atoms with Gasteiger partial charge in [0.05, 0.1) is 0 Å². The maximum Gasteiger partial charge on any atom is 0.120 e. The van der Waals surface area contributed by atoms with Crippen molar-refractivity contribution < 1.29 is 9.84 Å². The van der Waals surface area contributed by atoms with E-state index in [4.69, 9.17) is 4.74 Å². The van der Waals surface area contributed by atoms with E-state index in [9.17, 15) is 5.11 Å². The molecule has 1 unspecified atom stereocenters. The summed E-state index contributed by atoms with van der Waals surface area (Å²) in [5.74, 6) is 2.14. The number of rotatable bonds is 5. The van der Waals surface area contributed by atoms with Crippen molar-refractivity contribution in [1.29, 1.82) is 0 Å². The monoisotopic (exact) mass is 312 g/mol. The summed E-state index contributed by atoms with van der Waals surface area (Å²) in [6, 6.07) is 16.0. The normalized spacial score (nSPS) is 13.1. The lowest BCUT2D eigenvalue weighted by molar-refractivity contribution is 0.131. The van der Waals surface area contributed by atoms with Gasteiger partial charge in [-0.1, -0.05) is 38.1 Å². The Morgan fingerprint density at radius 3 is 1.78 bits per heavy atom. The zero-order valence-corrected chi connectivity index (χ0v) is 14.8. The predicted octanol–water partition coefficient (Wildman–Crippen LogP) is 5.75. The molecule has 2 aromatic rings. The summed E-state index contributed by atoms with van der Waals surface area (Å²) >= 11 is 0.